The summed E-state index contributed by atoms with van der Waals surface area (Å²) in [5, 5.41) is 0. The number of ether oxygens (including phenoxy) is 1. The molecular weight excluding hydrogens is 306 g/mol. The molecule has 3 rings (SSSR count). The molecule has 0 N–H and O–H groups in total. The second-order valence-corrected chi connectivity index (χ2v) is 7.04. The summed E-state index contributed by atoms with van der Waals surface area (Å²) >= 11 is 0. The lowest BCUT2D eigenvalue weighted by atomic mass is 9.87. The highest BCUT2D eigenvalue weighted by Crippen LogP contribution is 2.24. The Bertz CT molecular complexity index is 826. The van der Waals surface area contributed by atoms with Gasteiger partial charge in [0.25, 0.3) is 0 Å². The quantitative estimate of drug-likeness (QED) is 0.499. The van der Waals surface area contributed by atoms with Crippen molar-refractivity contribution in [3.05, 3.63) is 90.0 Å². The maximum atomic E-state index is 5.79. The van der Waals surface area contributed by atoms with Gasteiger partial charge in [-0.2, -0.15) is 0 Å². The molecule has 3 aromatic carbocycles. The first-order chi connectivity index (χ1) is 12.0. The van der Waals surface area contributed by atoms with Crippen LogP contribution < -0.4 is 4.74 Å². The number of hydrogen-bond acceptors (Lipinski definition) is 2. The summed E-state index contributed by atoms with van der Waals surface area (Å²) in [6.07, 6.45) is 1.89. The molecular formula is C23H23NO. The van der Waals surface area contributed by atoms with Crippen molar-refractivity contribution in [2.45, 2.75) is 26.2 Å². The maximum Gasteiger partial charge on any atom is 0.127 e. The first kappa shape index (κ1) is 17.0. The van der Waals surface area contributed by atoms with E-state index in [1.807, 2.05) is 60.8 Å². The largest absolute Gasteiger partial charge is 0.457 e. The Morgan fingerprint density at radius 2 is 1.32 bits per heavy atom. The van der Waals surface area contributed by atoms with Crippen molar-refractivity contribution < 1.29 is 4.74 Å². The highest BCUT2D eigenvalue weighted by atomic mass is 16.5. The van der Waals surface area contributed by atoms with Crippen LogP contribution in [-0.4, -0.2) is 6.21 Å². The van der Waals surface area contributed by atoms with E-state index < -0.39 is 0 Å². The Morgan fingerprint density at radius 1 is 0.720 bits per heavy atom. The minimum absolute atomic E-state index is 0.171. The molecule has 126 valence electrons. The molecule has 0 heterocycles. The monoisotopic (exact) mass is 329 g/mol. The van der Waals surface area contributed by atoms with Crippen LogP contribution in [0.15, 0.2) is 83.9 Å². The summed E-state index contributed by atoms with van der Waals surface area (Å²) in [7, 11) is 0. The normalized spacial score (nSPS) is 11.6. The van der Waals surface area contributed by atoms with Crippen molar-refractivity contribution in [1.82, 2.24) is 0 Å². The molecule has 0 aromatic heterocycles. The molecule has 0 radical (unpaired) electrons. The Hall–Kier alpha value is -2.87. The number of nitrogens with zero attached hydrogens (tertiary/aromatic N) is 1. The Kier molecular flexibility index (Phi) is 4.99. The molecule has 0 fully saturated rings. The van der Waals surface area contributed by atoms with Gasteiger partial charge in [0.15, 0.2) is 0 Å². The van der Waals surface area contributed by atoms with Gasteiger partial charge in [-0.05, 0) is 52.9 Å². The number of hydrogen-bond donors (Lipinski definition) is 0. The van der Waals surface area contributed by atoms with Gasteiger partial charge in [-0.1, -0.05) is 63.2 Å². The summed E-state index contributed by atoms with van der Waals surface area (Å²) in [6, 6.07) is 26.1. The van der Waals surface area contributed by atoms with Crippen LogP contribution in [0.4, 0.5) is 5.69 Å². The van der Waals surface area contributed by atoms with Gasteiger partial charge >= 0.3 is 0 Å². The van der Waals surface area contributed by atoms with Crippen molar-refractivity contribution in [3.63, 3.8) is 0 Å². The van der Waals surface area contributed by atoms with E-state index in [0.717, 1.165) is 22.7 Å². The van der Waals surface area contributed by atoms with Crippen LogP contribution in [0.25, 0.3) is 0 Å². The maximum absolute atomic E-state index is 5.79. The van der Waals surface area contributed by atoms with E-state index in [4.69, 9.17) is 4.74 Å². The summed E-state index contributed by atoms with van der Waals surface area (Å²) in [6.45, 7) is 6.65. The first-order valence-corrected chi connectivity index (χ1v) is 8.48. The van der Waals surface area contributed by atoms with Gasteiger partial charge in [0, 0.05) is 6.21 Å². The third kappa shape index (κ3) is 4.80. The predicted molar refractivity (Wildman–Crippen MR) is 105 cm³/mol. The summed E-state index contributed by atoms with van der Waals surface area (Å²) in [5.74, 6) is 1.64. The van der Waals surface area contributed by atoms with Gasteiger partial charge in [-0.25, -0.2) is 0 Å². The fourth-order valence-electron chi connectivity index (χ4n) is 2.44. The van der Waals surface area contributed by atoms with Crippen LogP contribution in [-0.2, 0) is 5.41 Å². The molecule has 0 saturated carbocycles. The smallest absolute Gasteiger partial charge is 0.127 e. The van der Waals surface area contributed by atoms with Gasteiger partial charge < -0.3 is 4.74 Å². The zero-order chi connectivity index (χ0) is 17.7. The van der Waals surface area contributed by atoms with E-state index in [-0.39, 0.29) is 5.41 Å². The predicted octanol–water partition coefficient (Wildman–Crippen LogP) is 6.53. The lowest BCUT2D eigenvalue weighted by molar-refractivity contribution is 0.483. The molecule has 0 bridgehead atoms. The Morgan fingerprint density at radius 3 is 1.92 bits per heavy atom. The van der Waals surface area contributed by atoms with E-state index in [1.54, 1.807) is 0 Å². The molecule has 0 aliphatic rings. The molecule has 0 spiro atoms. The van der Waals surface area contributed by atoms with E-state index in [2.05, 4.69) is 50.0 Å². The third-order valence-electron chi connectivity index (χ3n) is 3.96. The van der Waals surface area contributed by atoms with Gasteiger partial charge in [-0.3, -0.25) is 4.99 Å². The lowest BCUT2D eigenvalue weighted by Gasteiger charge is -2.18. The minimum Gasteiger partial charge on any atom is -0.457 e. The molecule has 0 amide bonds. The van der Waals surface area contributed by atoms with Crippen LogP contribution >= 0.6 is 0 Å². The lowest BCUT2D eigenvalue weighted by Crippen LogP contribution is -2.10. The Labute approximate surface area is 149 Å². The van der Waals surface area contributed by atoms with Gasteiger partial charge in [-0.15, -0.1) is 0 Å². The molecule has 2 nitrogen and oxygen atoms in total. The average molecular weight is 329 g/mol. The molecule has 25 heavy (non-hydrogen) atoms. The van der Waals surface area contributed by atoms with Crippen LogP contribution in [0.1, 0.15) is 31.9 Å². The van der Waals surface area contributed by atoms with E-state index in [1.165, 1.54) is 5.56 Å². The van der Waals surface area contributed by atoms with E-state index in [9.17, 15) is 0 Å². The van der Waals surface area contributed by atoms with E-state index >= 15 is 0 Å². The molecule has 0 aliphatic carbocycles. The zero-order valence-electron chi connectivity index (χ0n) is 14.9. The minimum atomic E-state index is 0.171. The second kappa shape index (κ2) is 7.35. The summed E-state index contributed by atoms with van der Waals surface area (Å²) in [4.78, 5) is 4.54. The number of para-hydroxylation sites is 1. The van der Waals surface area contributed by atoms with Crippen molar-refractivity contribution in [3.8, 4) is 11.5 Å². The Balaban J connectivity index is 1.66. The number of rotatable bonds is 4. The number of benzene rings is 3. The zero-order valence-corrected chi connectivity index (χ0v) is 14.9. The number of aliphatic imine (C=N–C) groups is 1. The molecule has 2 heteroatoms. The van der Waals surface area contributed by atoms with Gasteiger partial charge in [0.1, 0.15) is 11.5 Å². The molecule has 0 atom stereocenters. The summed E-state index contributed by atoms with van der Waals surface area (Å²) < 4.78 is 5.79. The van der Waals surface area contributed by atoms with Crippen LogP contribution in [0, 0.1) is 0 Å². The SMILES string of the molecule is CC(C)(C)c1ccc(C=Nc2ccc(Oc3ccccc3)cc2)cc1. The standard InChI is InChI=1S/C23H23NO/c1-23(2,3)19-11-9-18(10-12-19)17-24-20-13-15-22(16-14-20)25-21-7-5-4-6-8-21/h4-17H,1-3H3. The molecule has 3 aromatic rings. The third-order valence-corrected chi connectivity index (χ3v) is 3.96. The van der Waals surface area contributed by atoms with Crippen LogP contribution in [0.5, 0.6) is 11.5 Å². The van der Waals surface area contributed by atoms with Crippen molar-refractivity contribution >= 4 is 11.9 Å². The van der Waals surface area contributed by atoms with Gasteiger partial charge in [0.05, 0.1) is 5.69 Å². The first-order valence-electron chi connectivity index (χ1n) is 8.48. The van der Waals surface area contributed by atoms with E-state index in [0.29, 0.717) is 0 Å². The topological polar surface area (TPSA) is 21.6 Å². The molecule has 0 unspecified atom stereocenters. The fourth-order valence-corrected chi connectivity index (χ4v) is 2.44. The van der Waals surface area contributed by atoms with Crippen LogP contribution in [0.3, 0.4) is 0 Å². The highest BCUT2D eigenvalue weighted by molar-refractivity contribution is 5.82. The van der Waals surface area contributed by atoms with Gasteiger partial charge in [0.2, 0.25) is 0 Å². The fraction of sp³-hybridized carbons (Fsp3) is 0.174. The van der Waals surface area contributed by atoms with Crippen LogP contribution in [0.2, 0.25) is 0 Å². The molecule has 0 aliphatic heterocycles. The molecule has 0 saturated heterocycles. The summed E-state index contributed by atoms with van der Waals surface area (Å²) in [5.41, 5.74) is 3.49. The highest BCUT2D eigenvalue weighted by Gasteiger charge is 2.12. The van der Waals surface area contributed by atoms with Crippen molar-refractivity contribution in [2.24, 2.45) is 4.99 Å². The van der Waals surface area contributed by atoms with Crippen molar-refractivity contribution in [1.29, 1.82) is 0 Å². The second-order valence-electron chi connectivity index (χ2n) is 7.04. The van der Waals surface area contributed by atoms with Crippen molar-refractivity contribution in [2.75, 3.05) is 0 Å². The average Bonchev–Trinajstić information content (AvgIpc) is 2.62.